The first-order valence-corrected chi connectivity index (χ1v) is 7.51. The van der Waals surface area contributed by atoms with Gasteiger partial charge in [0.15, 0.2) is 5.13 Å². The van der Waals surface area contributed by atoms with E-state index in [0.29, 0.717) is 6.61 Å². The molecule has 0 fully saturated rings. The number of rotatable bonds is 4. The molecule has 0 saturated carbocycles. The highest BCUT2D eigenvalue weighted by molar-refractivity contribution is 7.15. The number of thiazole rings is 1. The van der Waals surface area contributed by atoms with Gasteiger partial charge >= 0.3 is 5.97 Å². The van der Waals surface area contributed by atoms with Crippen LogP contribution in [0.4, 0.5) is 10.8 Å². The van der Waals surface area contributed by atoms with Gasteiger partial charge in [-0.25, -0.2) is 4.98 Å². The smallest absolute Gasteiger partial charge is 0.315 e. The number of ether oxygens (including phenoxy) is 1. The van der Waals surface area contributed by atoms with E-state index in [1.165, 1.54) is 4.88 Å². The second-order valence-electron chi connectivity index (χ2n) is 4.64. The van der Waals surface area contributed by atoms with E-state index in [1.807, 2.05) is 6.92 Å². The van der Waals surface area contributed by atoms with E-state index in [9.17, 15) is 4.79 Å². The van der Waals surface area contributed by atoms with Gasteiger partial charge in [-0.2, -0.15) is 5.10 Å². The first-order valence-electron chi connectivity index (χ1n) is 6.70. The van der Waals surface area contributed by atoms with Crippen molar-refractivity contribution in [3.8, 4) is 0 Å². The second kappa shape index (κ2) is 5.62. The molecule has 0 bridgehead atoms. The summed E-state index contributed by atoms with van der Waals surface area (Å²) in [5.74, 6) is -0.372. The Morgan fingerprint density at radius 1 is 1.65 bits per heavy atom. The first kappa shape index (κ1) is 13.1. The highest BCUT2D eigenvalue weighted by Crippen LogP contribution is 2.38. The molecule has 0 amide bonds. The molecule has 1 aliphatic carbocycles. The van der Waals surface area contributed by atoms with E-state index >= 15 is 0 Å². The summed E-state index contributed by atoms with van der Waals surface area (Å²) in [6, 6.07) is 0. The Labute approximate surface area is 120 Å². The van der Waals surface area contributed by atoms with E-state index in [1.54, 1.807) is 23.7 Å². The third kappa shape index (κ3) is 2.53. The van der Waals surface area contributed by atoms with Crippen LogP contribution < -0.4 is 5.32 Å². The fraction of sp³-hybridized carbons (Fsp3) is 0.462. The van der Waals surface area contributed by atoms with Crippen molar-refractivity contribution in [3.63, 3.8) is 0 Å². The van der Waals surface area contributed by atoms with Crippen LogP contribution in [0.5, 0.6) is 0 Å². The number of aryl methyl sites for hydroxylation is 1. The van der Waals surface area contributed by atoms with Crippen molar-refractivity contribution >= 4 is 28.1 Å². The number of carbonyl (C=O) groups is 1. The second-order valence-corrected chi connectivity index (χ2v) is 5.72. The minimum absolute atomic E-state index is 0.159. The highest BCUT2D eigenvalue weighted by atomic mass is 32.1. The molecule has 6 nitrogen and oxygen atoms in total. The van der Waals surface area contributed by atoms with Crippen molar-refractivity contribution < 1.29 is 9.53 Å². The van der Waals surface area contributed by atoms with Gasteiger partial charge in [-0.3, -0.25) is 9.89 Å². The minimum atomic E-state index is -0.213. The van der Waals surface area contributed by atoms with E-state index in [2.05, 4.69) is 20.5 Å². The summed E-state index contributed by atoms with van der Waals surface area (Å²) in [4.78, 5) is 17.8. The molecule has 0 saturated heterocycles. The average Bonchev–Trinajstić information content (AvgIpc) is 3.07. The van der Waals surface area contributed by atoms with Crippen molar-refractivity contribution in [2.45, 2.75) is 32.1 Å². The molecular formula is C13H16N4O2S. The standard InChI is InChI=1S/C13H16N4O2S/c1-2-19-12(18)9-4-3-5-10-11(9)17-13(20-10)16-8-6-14-15-7-8/h6-7,9H,2-5H2,1H3,(H,14,15)(H,16,17). The van der Waals surface area contributed by atoms with Crippen LogP contribution in [0.2, 0.25) is 0 Å². The maximum Gasteiger partial charge on any atom is 0.315 e. The highest BCUT2D eigenvalue weighted by Gasteiger charge is 2.31. The topological polar surface area (TPSA) is 79.9 Å². The van der Waals surface area contributed by atoms with Crippen LogP contribution in [0.3, 0.4) is 0 Å². The Bertz CT molecular complexity index is 594. The predicted molar refractivity (Wildman–Crippen MR) is 76.3 cm³/mol. The molecule has 0 aliphatic heterocycles. The number of nitrogens with one attached hydrogen (secondary N) is 2. The number of H-pyrrole nitrogens is 1. The minimum Gasteiger partial charge on any atom is -0.465 e. The average molecular weight is 292 g/mol. The number of aromatic nitrogens is 3. The van der Waals surface area contributed by atoms with Crippen molar-refractivity contribution in [3.05, 3.63) is 23.0 Å². The molecule has 1 atom stereocenters. The Balaban J connectivity index is 1.83. The number of nitrogens with zero attached hydrogens (tertiary/aromatic N) is 2. The number of anilines is 2. The Morgan fingerprint density at radius 3 is 3.30 bits per heavy atom. The van der Waals surface area contributed by atoms with Gasteiger partial charge in [0.2, 0.25) is 0 Å². The summed E-state index contributed by atoms with van der Waals surface area (Å²) in [6.45, 7) is 2.24. The van der Waals surface area contributed by atoms with Crippen LogP contribution in [0, 0.1) is 0 Å². The lowest BCUT2D eigenvalue weighted by Crippen LogP contribution is -2.20. The molecule has 2 aromatic heterocycles. The molecule has 2 aromatic rings. The van der Waals surface area contributed by atoms with E-state index in [4.69, 9.17) is 4.74 Å². The van der Waals surface area contributed by atoms with Gasteiger partial charge < -0.3 is 10.1 Å². The fourth-order valence-electron chi connectivity index (χ4n) is 2.39. The van der Waals surface area contributed by atoms with Crippen molar-refractivity contribution in [2.75, 3.05) is 11.9 Å². The number of esters is 1. The molecule has 2 N–H and O–H groups in total. The molecule has 0 spiro atoms. The molecule has 1 unspecified atom stereocenters. The summed E-state index contributed by atoms with van der Waals surface area (Å²) in [7, 11) is 0. The Hall–Kier alpha value is -1.89. The number of hydrogen-bond acceptors (Lipinski definition) is 6. The van der Waals surface area contributed by atoms with E-state index < -0.39 is 0 Å². The third-order valence-electron chi connectivity index (χ3n) is 3.27. The van der Waals surface area contributed by atoms with Crippen LogP contribution in [0.15, 0.2) is 12.4 Å². The summed E-state index contributed by atoms with van der Waals surface area (Å²) >= 11 is 1.60. The van der Waals surface area contributed by atoms with Crippen LogP contribution in [0.1, 0.15) is 36.3 Å². The fourth-order valence-corrected chi connectivity index (χ4v) is 3.47. The quantitative estimate of drug-likeness (QED) is 0.847. The van der Waals surface area contributed by atoms with Gasteiger partial charge in [0.25, 0.3) is 0 Å². The van der Waals surface area contributed by atoms with Crippen LogP contribution in [-0.2, 0) is 16.0 Å². The molecule has 2 heterocycles. The molecule has 0 radical (unpaired) electrons. The molecule has 1 aliphatic rings. The number of hydrogen-bond donors (Lipinski definition) is 2. The van der Waals surface area contributed by atoms with Gasteiger partial charge in [0.05, 0.1) is 24.2 Å². The Kier molecular flexibility index (Phi) is 3.68. The first-order chi connectivity index (χ1) is 9.78. The van der Waals surface area contributed by atoms with Gasteiger partial charge in [0, 0.05) is 11.1 Å². The molecule has 0 aromatic carbocycles. The lowest BCUT2D eigenvalue weighted by Gasteiger charge is -2.18. The maximum absolute atomic E-state index is 12.0. The summed E-state index contributed by atoms with van der Waals surface area (Å²) in [6.07, 6.45) is 6.27. The van der Waals surface area contributed by atoms with Crippen molar-refractivity contribution in [1.82, 2.24) is 15.2 Å². The van der Waals surface area contributed by atoms with Crippen LogP contribution in [-0.4, -0.2) is 27.8 Å². The molecule has 3 rings (SSSR count). The zero-order valence-corrected chi connectivity index (χ0v) is 12.0. The summed E-state index contributed by atoms with van der Waals surface area (Å²) in [5.41, 5.74) is 1.74. The lowest BCUT2D eigenvalue weighted by molar-refractivity contribution is -0.145. The Morgan fingerprint density at radius 2 is 2.55 bits per heavy atom. The maximum atomic E-state index is 12.0. The van der Waals surface area contributed by atoms with Gasteiger partial charge in [-0.05, 0) is 26.2 Å². The van der Waals surface area contributed by atoms with Gasteiger partial charge in [0.1, 0.15) is 5.92 Å². The lowest BCUT2D eigenvalue weighted by atomic mass is 9.91. The monoisotopic (exact) mass is 292 g/mol. The SMILES string of the molecule is CCOC(=O)C1CCCc2sc(Nc3cn[nH]c3)nc21. The molecule has 106 valence electrons. The molecule has 20 heavy (non-hydrogen) atoms. The normalized spacial score (nSPS) is 17.6. The molecular weight excluding hydrogens is 276 g/mol. The van der Waals surface area contributed by atoms with Crippen molar-refractivity contribution in [2.24, 2.45) is 0 Å². The molecule has 7 heteroatoms. The van der Waals surface area contributed by atoms with E-state index in [-0.39, 0.29) is 11.9 Å². The van der Waals surface area contributed by atoms with Gasteiger partial charge in [-0.1, -0.05) is 0 Å². The van der Waals surface area contributed by atoms with Gasteiger partial charge in [-0.15, -0.1) is 11.3 Å². The summed E-state index contributed by atoms with van der Waals surface area (Å²) in [5, 5.41) is 10.6. The predicted octanol–water partition coefficient (Wildman–Crippen LogP) is 2.59. The van der Waals surface area contributed by atoms with Crippen LogP contribution in [0.25, 0.3) is 0 Å². The summed E-state index contributed by atoms with van der Waals surface area (Å²) < 4.78 is 5.14. The zero-order valence-electron chi connectivity index (χ0n) is 11.2. The number of aromatic amines is 1. The largest absolute Gasteiger partial charge is 0.465 e. The third-order valence-corrected chi connectivity index (χ3v) is 4.32. The number of carbonyl (C=O) groups excluding carboxylic acids is 1. The van der Waals surface area contributed by atoms with Crippen molar-refractivity contribution in [1.29, 1.82) is 0 Å². The van der Waals surface area contributed by atoms with E-state index in [0.717, 1.165) is 35.8 Å². The zero-order chi connectivity index (χ0) is 13.9. The number of fused-ring (bicyclic) bond motifs is 1. The van der Waals surface area contributed by atoms with Crippen LogP contribution >= 0.6 is 11.3 Å².